The molecule has 1 fully saturated rings. The maximum absolute atomic E-state index is 12.0. The summed E-state index contributed by atoms with van der Waals surface area (Å²) in [6.07, 6.45) is 0. The number of nitrogens with zero attached hydrogens (tertiary/aromatic N) is 2. The Morgan fingerprint density at radius 3 is 2.78 bits per heavy atom. The van der Waals surface area contributed by atoms with E-state index in [0.29, 0.717) is 17.9 Å². The lowest BCUT2D eigenvalue weighted by molar-refractivity contribution is -0.385. The van der Waals surface area contributed by atoms with Gasteiger partial charge in [-0.05, 0) is 6.92 Å². The minimum Gasteiger partial charge on any atom is -0.456 e. The number of hydrogen-bond donors (Lipinski definition) is 0. The van der Waals surface area contributed by atoms with E-state index in [-0.39, 0.29) is 23.0 Å². The number of carbonyl (C=O) groups excluding carboxylic acids is 3. The molecule has 0 aliphatic carbocycles. The van der Waals surface area contributed by atoms with Crippen molar-refractivity contribution >= 4 is 34.4 Å². The maximum Gasteiger partial charge on any atom is 0.326 e. The first-order valence-corrected chi connectivity index (χ1v) is 7.72. The van der Waals surface area contributed by atoms with Crippen molar-refractivity contribution in [3.63, 3.8) is 0 Å². The van der Waals surface area contributed by atoms with Crippen LogP contribution in [0.15, 0.2) is 18.2 Å². The van der Waals surface area contributed by atoms with E-state index in [1.807, 2.05) is 0 Å². The average molecular weight is 338 g/mol. The quantitative estimate of drug-likeness (QED) is 0.337. The summed E-state index contributed by atoms with van der Waals surface area (Å²) in [6, 6.07) is 4.07. The molecule has 0 N–H and O–H groups in total. The SMILES string of the molecule is Cc1ccc(C(=O)COC(=O)CN2CCSC2=O)cc1[N+](=O)[O-]. The van der Waals surface area contributed by atoms with E-state index in [9.17, 15) is 24.5 Å². The number of aryl methyl sites for hydroxylation is 1. The Labute approximate surface area is 135 Å². The van der Waals surface area contributed by atoms with Gasteiger partial charge in [0.15, 0.2) is 6.61 Å². The summed E-state index contributed by atoms with van der Waals surface area (Å²) < 4.78 is 4.84. The van der Waals surface area contributed by atoms with Gasteiger partial charge in [-0.3, -0.25) is 24.5 Å². The second kappa shape index (κ2) is 7.23. The van der Waals surface area contributed by atoms with Gasteiger partial charge in [0.2, 0.25) is 5.78 Å². The highest BCUT2D eigenvalue weighted by atomic mass is 32.2. The topological polar surface area (TPSA) is 107 Å². The zero-order chi connectivity index (χ0) is 17.0. The summed E-state index contributed by atoms with van der Waals surface area (Å²) in [5.41, 5.74) is 0.373. The predicted octanol–water partition coefficient (Wildman–Crippen LogP) is 1.80. The summed E-state index contributed by atoms with van der Waals surface area (Å²) in [7, 11) is 0. The van der Waals surface area contributed by atoms with Crippen molar-refractivity contribution in [1.82, 2.24) is 4.90 Å². The fourth-order valence-electron chi connectivity index (χ4n) is 1.98. The van der Waals surface area contributed by atoms with E-state index in [1.54, 1.807) is 6.92 Å². The third kappa shape index (κ3) is 4.28. The van der Waals surface area contributed by atoms with Gasteiger partial charge in [-0.1, -0.05) is 23.9 Å². The van der Waals surface area contributed by atoms with Crippen molar-refractivity contribution in [2.45, 2.75) is 6.92 Å². The van der Waals surface area contributed by atoms with Gasteiger partial charge < -0.3 is 9.64 Å². The number of amides is 1. The van der Waals surface area contributed by atoms with Crippen LogP contribution in [-0.4, -0.2) is 52.3 Å². The van der Waals surface area contributed by atoms with Gasteiger partial charge >= 0.3 is 5.97 Å². The van der Waals surface area contributed by atoms with E-state index < -0.39 is 23.3 Å². The molecule has 0 radical (unpaired) electrons. The van der Waals surface area contributed by atoms with Gasteiger partial charge in [0.1, 0.15) is 6.54 Å². The van der Waals surface area contributed by atoms with Gasteiger partial charge in [-0.15, -0.1) is 0 Å². The molecule has 122 valence electrons. The Morgan fingerprint density at radius 2 is 2.17 bits per heavy atom. The maximum atomic E-state index is 12.0. The zero-order valence-electron chi connectivity index (χ0n) is 12.3. The number of thioether (sulfide) groups is 1. The van der Waals surface area contributed by atoms with Crippen LogP contribution in [0.5, 0.6) is 0 Å². The van der Waals surface area contributed by atoms with E-state index in [1.165, 1.54) is 17.0 Å². The second-order valence-corrected chi connectivity index (χ2v) is 5.92. The number of ether oxygens (including phenoxy) is 1. The molecule has 1 aromatic carbocycles. The lowest BCUT2D eigenvalue weighted by Crippen LogP contribution is -2.31. The second-order valence-electron chi connectivity index (χ2n) is 4.88. The monoisotopic (exact) mass is 338 g/mol. The van der Waals surface area contributed by atoms with Crippen LogP contribution in [0.2, 0.25) is 0 Å². The van der Waals surface area contributed by atoms with Crippen LogP contribution in [0, 0.1) is 17.0 Å². The third-order valence-corrected chi connectivity index (χ3v) is 4.15. The number of hydrogen-bond acceptors (Lipinski definition) is 7. The third-order valence-electron chi connectivity index (χ3n) is 3.26. The Bertz CT molecular complexity index is 675. The number of rotatable bonds is 6. The molecule has 1 aromatic rings. The highest BCUT2D eigenvalue weighted by Gasteiger charge is 2.24. The van der Waals surface area contributed by atoms with E-state index >= 15 is 0 Å². The lowest BCUT2D eigenvalue weighted by atomic mass is 10.1. The zero-order valence-corrected chi connectivity index (χ0v) is 13.1. The largest absolute Gasteiger partial charge is 0.456 e. The van der Waals surface area contributed by atoms with Crippen LogP contribution in [0.1, 0.15) is 15.9 Å². The smallest absolute Gasteiger partial charge is 0.326 e. The first-order chi connectivity index (χ1) is 10.9. The summed E-state index contributed by atoms with van der Waals surface area (Å²) in [4.78, 5) is 46.6. The van der Waals surface area contributed by atoms with Gasteiger partial charge in [-0.25, -0.2) is 0 Å². The van der Waals surface area contributed by atoms with Gasteiger partial charge in [-0.2, -0.15) is 0 Å². The van der Waals surface area contributed by atoms with Crippen LogP contribution in [0.25, 0.3) is 0 Å². The molecule has 1 aliphatic heterocycles. The highest BCUT2D eigenvalue weighted by molar-refractivity contribution is 8.13. The molecule has 0 bridgehead atoms. The van der Waals surface area contributed by atoms with E-state index in [4.69, 9.17) is 4.74 Å². The van der Waals surface area contributed by atoms with Crippen molar-refractivity contribution in [1.29, 1.82) is 0 Å². The number of ketones is 1. The first-order valence-electron chi connectivity index (χ1n) is 6.74. The minimum absolute atomic E-state index is 0.0999. The van der Waals surface area contributed by atoms with Crippen LogP contribution in [-0.2, 0) is 9.53 Å². The van der Waals surface area contributed by atoms with Crippen molar-refractivity contribution in [2.75, 3.05) is 25.4 Å². The minimum atomic E-state index is -0.684. The van der Waals surface area contributed by atoms with Crippen LogP contribution < -0.4 is 0 Å². The van der Waals surface area contributed by atoms with Crippen LogP contribution >= 0.6 is 11.8 Å². The Balaban J connectivity index is 1.92. The molecule has 23 heavy (non-hydrogen) atoms. The Hall–Kier alpha value is -2.42. The summed E-state index contributed by atoms with van der Waals surface area (Å²) in [5.74, 6) is -0.600. The standard InChI is InChI=1S/C14H14N2O6S/c1-9-2-3-10(6-11(9)16(20)21)12(17)8-22-13(18)7-15-4-5-23-14(15)19/h2-3,6H,4-5,7-8H2,1H3. The molecular weight excluding hydrogens is 324 g/mol. The van der Waals surface area contributed by atoms with Gasteiger partial charge in [0.25, 0.3) is 10.9 Å². The number of esters is 1. The molecule has 1 amide bonds. The van der Waals surface area contributed by atoms with Crippen LogP contribution in [0.3, 0.4) is 0 Å². The van der Waals surface area contributed by atoms with Crippen molar-refractivity contribution in [2.24, 2.45) is 0 Å². The van der Waals surface area contributed by atoms with Crippen LogP contribution in [0.4, 0.5) is 10.5 Å². The summed E-state index contributed by atoms with van der Waals surface area (Å²) in [5, 5.41) is 10.7. The molecule has 2 rings (SSSR count). The van der Waals surface area contributed by atoms with Gasteiger partial charge in [0, 0.05) is 29.5 Å². The Morgan fingerprint density at radius 1 is 1.43 bits per heavy atom. The molecule has 0 unspecified atom stereocenters. The normalized spacial score (nSPS) is 14.0. The van der Waals surface area contributed by atoms with Crippen molar-refractivity contribution in [3.05, 3.63) is 39.4 Å². The summed E-state index contributed by atoms with van der Waals surface area (Å²) in [6.45, 7) is 1.32. The van der Waals surface area contributed by atoms with Crippen molar-refractivity contribution < 1.29 is 24.0 Å². The fraction of sp³-hybridized carbons (Fsp3) is 0.357. The molecule has 0 atom stereocenters. The molecule has 0 spiro atoms. The molecular formula is C14H14N2O6S. The average Bonchev–Trinajstić information content (AvgIpc) is 2.90. The Kier molecular flexibility index (Phi) is 5.32. The molecule has 0 saturated carbocycles. The van der Waals surface area contributed by atoms with Crippen molar-refractivity contribution in [3.8, 4) is 0 Å². The predicted molar refractivity (Wildman–Crippen MR) is 82.5 cm³/mol. The van der Waals surface area contributed by atoms with Gasteiger partial charge in [0.05, 0.1) is 4.92 Å². The molecule has 1 saturated heterocycles. The molecule has 9 heteroatoms. The van der Waals surface area contributed by atoms with E-state index in [0.717, 1.165) is 17.8 Å². The fourth-order valence-corrected chi connectivity index (χ4v) is 2.80. The molecule has 1 heterocycles. The molecule has 1 aliphatic rings. The summed E-state index contributed by atoms with van der Waals surface area (Å²) >= 11 is 1.12. The number of carbonyl (C=O) groups is 3. The number of nitro benzene ring substituents is 1. The number of benzene rings is 1. The highest BCUT2D eigenvalue weighted by Crippen LogP contribution is 2.20. The number of nitro groups is 1. The van der Waals surface area contributed by atoms with E-state index in [2.05, 4.69) is 0 Å². The molecule has 8 nitrogen and oxygen atoms in total. The number of Topliss-reactive ketones (excluding diaryl/α,β-unsaturated/α-hetero) is 1. The lowest BCUT2D eigenvalue weighted by Gasteiger charge is -2.13. The first kappa shape index (κ1) is 16.9. The molecule has 0 aromatic heterocycles.